The predicted octanol–water partition coefficient (Wildman–Crippen LogP) is 3.47. The van der Waals surface area contributed by atoms with Gasteiger partial charge in [-0.05, 0) is 37.8 Å². The highest BCUT2D eigenvalue weighted by atomic mass is 35.5. The fourth-order valence-electron chi connectivity index (χ4n) is 1.92. The van der Waals surface area contributed by atoms with E-state index in [4.69, 9.17) is 16.3 Å². The Kier molecular flexibility index (Phi) is 3.27. The molecule has 0 amide bonds. The van der Waals surface area contributed by atoms with Gasteiger partial charge in [0.25, 0.3) is 0 Å². The second-order valence-electron chi connectivity index (χ2n) is 3.79. The van der Waals surface area contributed by atoms with E-state index in [0.717, 1.165) is 19.1 Å². The largest absolute Gasteiger partial charge is 0.490 e. The Hall–Kier alpha value is -1.02. The van der Waals surface area contributed by atoms with Gasteiger partial charge in [-0.2, -0.15) is 0 Å². The van der Waals surface area contributed by atoms with Gasteiger partial charge in [0.05, 0.1) is 16.7 Å². The molecule has 0 aromatic heterocycles. The molecule has 0 heterocycles. The lowest BCUT2D eigenvalue weighted by Crippen LogP contribution is -2.12. The summed E-state index contributed by atoms with van der Waals surface area (Å²) in [5, 5.41) is 0.459. The van der Waals surface area contributed by atoms with E-state index in [1.807, 2.05) is 0 Å². The molecule has 0 aliphatic heterocycles. The molecule has 15 heavy (non-hydrogen) atoms. The Morgan fingerprint density at radius 2 is 2.07 bits per heavy atom. The lowest BCUT2D eigenvalue weighted by molar-refractivity contribution is 0.111. The smallest absolute Gasteiger partial charge is 0.155 e. The van der Waals surface area contributed by atoms with E-state index in [1.165, 1.54) is 12.8 Å². The monoisotopic (exact) mass is 224 g/mol. The minimum atomic E-state index is 0.252. The van der Waals surface area contributed by atoms with Gasteiger partial charge in [-0.25, -0.2) is 0 Å². The third kappa shape index (κ3) is 2.32. The van der Waals surface area contributed by atoms with E-state index < -0.39 is 0 Å². The van der Waals surface area contributed by atoms with Crippen LogP contribution in [-0.4, -0.2) is 12.4 Å². The van der Waals surface area contributed by atoms with E-state index in [2.05, 4.69) is 0 Å². The molecule has 1 aromatic rings. The van der Waals surface area contributed by atoms with Crippen molar-refractivity contribution in [3.05, 3.63) is 28.8 Å². The minimum absolute atomic E-state index is 0.252. The van der Waals surface area contributed by atoms with Gasteiger partial charge in [0.2, 0.25) is 0 Å². The maximum absolute atomic E-state index is 10.9. The number of carbonyl (C=O) groups excluding carboxylic acids is 1. The van der Waals surface area contributed by atoms with Crippen LogP contribution in [0.3, 0.4) is 0 Å². The maximum Gasteiger partial charge on any atom is 0.155 e. The van der Waals surface area contributed by atoms with Crippen LogP contribution in [-0.2, 0) is 0 Å². The Morgan fingerprint density at radius 3 is 2.73 bits per heavy atom. The quantitative estimate of drug-likeness (QED) is 0.735. The molecule has 1 aromatic carbocycles. The first kappa shape index (κ1) is 10.5. The maximum atomic E-state index is 10.9. The van der Waals surface area contributed by atoms with Crippen molar-refractivity contribution in [2.24, 2.45) is 0 Å². The summed E-state index contributed by atoms with van der Waals surface area (Å²) in [5.41, 5.74) is 0.464. The standard InChI is InChI=1S/C12H13ClO2/c13-11-6-3-7-12(10(11)8-14)15-9-4-1-2-5-9/h3,6-9H,1-2,4-5H2. The van der Waals surface area contributed by atoms with E-state index >= 15 is 0 Å². The summed E-state index contributed by atoms with van der Waals surface area (Å²) in [6.45, 7) is 0. The summed E-state index contributed by atoms with van der Waals surface area (Å²) in [6, 6.07) is 5.31. The SMILES string of the molecule is O=Cc1c(Cl)cccc1OC1CCCC1. The van der Waals surface area contributed by atoms with Gasteiger partial charge in [0.15, 0.2) is 6.29 Å². The van der Waals surface area contributed by atoms with Crippen LogP contribution >= 0.6 is 11.6 Å². The Labute approximate surface area is 94.2 Å². The van der Waals surface area contributed by atoms with E-state index in [0.29, 0.717) is 16.3 Å². The molecule has 0 spiro atoms. The third-order valence-electron chi connectivity index (χ3n) is 2.73. The van der Waals surface area contributed by atoms with Gasteiger partial charge in [-0.1, -0.05) is 17.7 Å². The zero-order valence-electron chi connectivity index (χ0n) is 8.41. The van der Waals surface area contributed by atoms with Crippen molar-refractivity contribution in [3.63, 3.8) is 0 Å². The molecule has 1 saturated carbocycles. The van der Waals surface area contributed by atoms with Crippen molar-refractivity contribution in [2.45, 2.75) is 31.8 Å². The van der Waals surface area contributed by atoms with Crippen LogP contribution in [0.5, 0.6) is 5.75 Å². The normalized spacial score (nSPS) is 16.6. The number of rotatable bonds is 3. The Morgan fingerprint density at radius 1 is 1.33 bits per heavy atom. The van der Waals surface area contributed by atoms with E-state index in [1.54, 1.807) is 18.2 Å². The highest BCUT2D eigenvalue weighted by Gasteiger charge is 2.18. The summed E-state index contributed by atoms with van der Waals surface area (Å²) in [6.07, 6.45) is 5.58. The molecule has 1 fully saturated rings. The lowest BCUT2D eigenvalue weighted by Gasteiger charge is -2.14. The minimum Gasteiger partial charge on any atom is -0.490 e. The number of halogens is 1. The van der Waals surface area contributed by atoms with E-state index in [9.17, 15) is 4.79 Å². The molecular weight excluding hydrogens is 212 g/mol. The average Bonchev–Trinajstić information content (AvgIpc) is 2.71. The van der Waals surface area contributed by atoms with Crippen molar-refractivity contribution in [3.8, 4) is 5.75 Å². The van der Waals surface area contributed by atoms with Crippen LogP contribution in [0.4, 0.5) is 0 Å². The number of hydrogen-bond donors (Lipinski definition) is 0. The highest BCUT2D eigenvalue weighted by molar-refractivity contribution is 6.33. The average molecular weight is 225 g/mol. The van der Waals surface area contributed by atoms with Crippen LogP contribution in [0.1, 0.15) is 36.0 Å². The van der Waals surface area contributed by atoms with Crippen LogP contribution in [0.15, 0.2) is 18.2 Å². The van der Waals surface area contributed by atoms with Gasteiger partial charge in [0.1, 0.15) is 5.75 Å². The number of ether oxygens (including phenoxy) is 1. The van der Waals surface area contributed by atoms with Crippen molar-refractivity contribution < 1.29 is 9.53 Å². The molecule has 80 valence electrons. The van der Waals surface area contributed by atoms with Gasteiger partial charge in [0, 0.05) is 0 Å². The molecule has 1 aliphatic rings. The molecule has 0 bridgehead atoms. The first-order valence-corrected chi connectivity index (χ1v) is 5.59. The Balaban J connectivity index is 2.19. The summed E-state index contributed by atoms with van der Waals surface area (Å²) < 4.78 is 5.76. The van der Waals surface area contributed by atoms with Gasteiger partial charge >= 0.3 is 0 Å². The van der Waals surface area contributed by atoms with E-state index in [-0.39, 0.29) is 6.10 Å². The zero-order chi connectivity index (χ0) is 10.7. The number of aldehydes is 1. The second kappa shape index (κ2) is 4.67. The number of hydrogen-bond acceptors (Lipinski definition) is 2. The second-order valence-corrected chi connectivity index (χ2v) is 4.20. The fourth-order valence-corrected chi connectivity index (χ4v) is 2.13. The predicted molar refractivity (Wildman–Crippen MR) is 59.7 cm³/mol. The first-order chi connectivity index (χ1) is 7.31. The van der Waals surface area contributed by atoms with Gasteiger partial charge in [-0.15, -0.1) is 0 Å². The van der Waals surface area contributed by atoms with Gasteiger partial charge in [-0.3, -0.25) is 4.79 Å². The summed E-state index contributed by atoms with van der Waals surface area (Å²) in [7, 11) is 0. The topological polar surface area (TPSA) is 26.3 Å². The molecule has 3 heteroatoms. The molecule has 2 rings (SSSR count). The van der Waals surface area contributed by atoms with Crippen molar-refractivity contribution in [1.29, 1.82) is 0 Å². The van der Waals surface area contributed by atoms with Crippen molar-refractivity contribution in [2.75, 3.05) is 0 Å². The molecule has 0 unspecified atom stereocenters. The van der Waals surface area contributed by atoms with Crippen LogP contribution < -0.4 is 4.74 Å². The summed E-state index contributed by atoms with van der Waals surface area (Å²) in [5.74, 6) is 0.615. The lowest BCUT2D eigenvalue weighted by atomic mass is 10.2. The fraction of sp³-hybridized carbons (Fsp3) is 0.417. The van der Waals surface area contributed by atoms with Crippen LogP contribution in [0.2, 0.25) is 5.02 Å². The number of carbonyl (C=O) groups is 1. The Bertz CT molecular complexity index is 357. The molecular formula is C12H13ClO2. The molecule has 0 atom stereocenters. The summed E-state index contributed by atoms with van der Waals surface area (Å²) >= 11 is 5.90. The van der Waals surface area contributed by atoms with Crippen molar-refractivity contribution >= 4 is 17.9 Å². The molecule has 1 aliphatic carbocycles. The molecule has 0 N–H and O–H groups in total. The van der Waals surface area contributed by atoms with Gasteiger partial charge < -0.3 is 4.74 Å². The van der Waals surface area contributed by atoms with Crippen molar-refractivity contribution in [1.82, 2.24) is 0 Å². The highest BCUT2D eigenvalue weighted by Crippen LogP contribution is 2.29. The van der Waals surface area contributed by atoms with Crippen LogP contribution in [0.25, 0.3) is 0 Å². The molecule has 0 saturated heterocycles. The van der Waals surface area contributed by atoms with Crippen LogP contribution in [0, 0.1) is 0 Å². The molecule has 0 radical (unpaired) electrons. The third-order valence-corrected chi connectivity index (χ3v) is 3.06. The zero-order valence-corrected chi connectivity index (χ0v) is 9.17. The first-order valence-electron chi connectivity index (χ1n) is 5.21. The molecule has 2 nitrogen and oxygen atoms in total. The summed E-state index contributed by atoms with van der Waals surface area (Å²) in [4.78, 5) is 10.9. The number of benzene rings is 1.